The van der Waals surface area contributed by atoms with Crippen molar-refractivity contribution in [1.82, 2.24) is 9.88 Å². The molecule has 10 heteroatoms. The van der Waals surface area contributed by atoms with Crippen LogP contribution in [-0.4, -0.2) is 52.3 Å². The van der Waals surface area contributed by atoms with Crippen molar-refractivity contribution in [2.45, 2.75) is 86.9 Å². The zero-order chi connectivity index (χ0) is 21.6. The van der Waals surface area contributed by atoms with Crippen molar-refractivity contribution in [1.29, 1.82) is 0 Å². The second-order valence-electron chi connectivity index (χ2n) is 7.79. The molecular formula is C20H29F2N3O3S2. The molecule has 0 bridgehead atoms. The maximum atomic E-state index is 13.6. The summed E-state index contributed by atoms with van der Waals surface area (Å²) < 4.78 is 33.0. The first-order chi connectivity index (χ1) is 14.4. The van der Waals surface area contributed by atoms with Gasteiger partial charge < -0.3 is 9.64 Å². The van der Waals surface area contributed by atoms with E-state index in [-0.39, 0.29) is 42.7 Å². The maximum Gasteiger partial charge on any atom is 0.324 e. The third kappa shape index (κ3) is 6.54. The molecule has 30 heavy (non-hydrogen) atoms. The Morgan fingerprint density at radius 2 is 1.90 bits per heavy atom. The minimum atomic E-state index is -2.62. The van der Waals surface area contributed by atoms with Gasteiger partial charge in [-0.15, -0.1) is 11.8 Å². The predicted octanol–water partition coefficient (Wildman–Crippen LogP) is 5.54. The number of halogens is 2. The van der Waals surface area contributed by atoms with E-state index >= 15 is 0 Å². The average Bonchev–Trinajstić information content (AvgIpc) is 3.16. The summed E-state index contributed by atoms with van der Waals surface area (Å²) in [6.07, 6.45) is 7.05. The van der Waals surface area contributed by atoms with Crippen molar-refractivity contribution in [3.05, 3.63) is 6.20 Å². The second-order valence-corrected chi connectivity index (χ2v) is 10.1. The Kier molecular flexibility index (Phi) is 8.33. The van der Waals surface area contributed by atoms with Crippen molar-refractivity contribution >= 4 is 40.2 Å². The minimum Gasteiger partial charge on any atom is -0.465 e. The highest BCUT2D eigenvalue weighted by Crippen LogP contribution is 2.38. The van der Waals surface area contributed by atoms with Crippen LogP contribution in [0, 0.1) is 0 Å². The lowest BCUT2D eigenvalue weighted by molar-refractivity contribution is -0.139. The topological polar surface area (TPSA) is 71.5 Å². The Bertz CT molecular complexity index is 716. The summed E-state index contributed by atoms with van der Waals surface area (Å²) >= 11 is 2.61. The largest absolute Gasteiger partial charge is 0.465 e. The van der Waals surface area contributed by atoms with Gasteiger partial charge in [-0.1, -0.05) is 30.6 Å². The molecule has 0 saturated heterocycles. The predicted molar refractivity (Wildman–Crippen MR) is 114 cm³/mol. The number of rotatable bonds is 7. The van der Waals surface area contributed by atoms with Gasteiger partial charge in [0.15, 0.2) is 5.13 Å². The summed E-state index contributed by atoms with van der Waals surface area (Å²) in [5.74, 6) is -2.72. The number of carbonyl (C=O) groups excluding carboxylic acids is 2. The molecule has 1 aromatic heterocycles. The van der Waals surface area contributed by atoms with Gasteiger partial charge in [-0.2, -0.15) is 0 Å². The van der Waals surface area contributed by atoms with Crippen LogP contribution in [0.4, 0.5) is 18.7 Å². The van der Waals surface area contributed by atoms with Gasteiger partial charge in [0.25, 0.3) is 0 Å². The van der Waals surface area contributed by atoms with Crippen molar-refractivity contribution < 1.29 is 23.1 Å². The van der Waals surface area contributed by atoms with E-state index in [4.69, 9.17) is 4.74 Å². The molecule has 3 rings (SSSR count). The minimum absolute atomic E-state index is 0.0908. The van der Waals surface area contributed by atoms with Crippen LogP contribution in [0.15, 0.2) is 10.4 Å². The van der Waals surface area contributed by atoms with E-state index in [1.165, 1.54) is 23.1 Å². The fourth-order valence-corrected chi connectivity index (χ4v) is 5.82. The number of ether oxygens (including phenoxy) is 1. The highest BCUT2D eigenvalue weighted by Gasteiger charge is 2.40. The summed E-state index contributed by atoms with van der Waals surface area (Å²) in [7, 11) is 0. The second kappa shape index (κ2) is 10.7. The first kappa shape index (κ1) is 23.2. The summed E-state index contributed by atoms with van der Waals surface area (Å²) in [6, 6.07) is -0.327. The number of aromatic nitrogens is 1. The van der Waals surface area contributed by atoms with Crippen LogP contribution < -0.4 is 5.32 Å². The molecule has 0 aliphatic heterocycles. The number of thioether (sulfide) groups is 1. The van der Waals surface area contributed by atoms with Crippen molar-refractivity contribution in [2.24, 2.45) is 0 Å². The van der Waals surface area contributed by atoms with E-state index in [0.29, 0.717) is 24.6 Å². The third-order valence-electron chi connectivity index (χ3n) is 5.62. The maximum absolute atomic E-state index is 13.6. The SMILES string of the molecule is CCOC(=O)CSc1cnc(NC(=O)N(C2CCCCC2)C2CCC(F)(F)CC2)s1. The Hall–Kier alpha value is -1.42. The molecule has 2 fully saturated rings. The molecule has 1 aromatic rings. The fourth-order valence-electron chi connectivity index (χ4n) is 4.16. The highest BCUT2D eigenvalue weighted by molar-refractivity contribution is 8.01. The van der Waals surface area contributed by atoms with Gasteiger partial charge in [-0.05, 0) is 32.6 Å². The molecule has 1 N–H and O–H groups in total. The summed E-state index contributed by atoms with van der Waals surface area (Å²) in [4.78, 5) is 30.7. The number of esters is 1. The lowest BCUT2D eigenvalue weighted by Gasteiger charge is -2.42. The first-order valence-electron chi connectivity index (χ1n) is 10.6. The van der Waals surface area contributed by atoms with E-state index in [1.807, 2.05) is 4.90 Å². The number of thiazole rings is 1. The molecule has 2 aliphatic rings. The molecule has 2 saturated carbocycles. The molecule has 1 heterocycles. The summed E-state index contributed by atoms with van der Waals surface area (Å²) in [5.41, 5.74) is 0. The standard InChI is InChI=1S/C20H29F2N3O3S2/c1-2-28-16(26)13-29-17-12-23-18(30-17)24-19(27)25(14-6-4-3-5-7-14)15-8-10-20(21,22)11-9-15/h12,14-15H,2-11,13H2,1H3,(H,23,24,27). The van der Waals surface area contributed by atoms with Crippen LogP contribution in [0.1, 0.15) is 64.7 Å². The number of hydrogen-bond donors (Lipinski definition) is 1. The molecule has 0 atom stereocenters. The lowest BCUT2D eigenvalue weighted by atomic mass is 9.87. The summed E-state index contributed by atoms with van der Waals surface area (Å²) in [6.45, 7) is 2.10. The number of hydrogen-bond acceptors (Lipinski definition) is 6. The molecule has 0 spiro atoms. The van der Waals surface area contributed by atoms with Crippen molar-refractivity contribution in [3.63, 3.8) is 0 Å². The van der Waals surface area contributed by atoms with Gasteiger partial charge in [-0.25, -0.2) is 18.6 Å². The van der Waals surface area contributed by atoms with E-state index in [2.05, 4.69) is 10.3 Å². The zero-order valence-corrected chi connectivity index (χ0v) is 18.8. The number of nitrogens with zero attached hydrogens (tertiary/aromatic N) is 2. The Labute approximate surface area is 184 Å². The van der Waals surface area contributed by atoms with E-state index in [9.17, 15) is 18.4 Å². The molecule has 0 unspecified atom stereocenters. The van der Waals surface area contributed by atoms with E-state index in [1.54, 1.807) is 13.1 Å². The number of urea groups is 1. The number of nitrogens with one attached hydrogen (secondary N) is 1. The van der Waals surface area contributed by atoms with Crippen LogP contribution in [0.3, 0.4) is 0 Å². The van der Waals surface area contributed by atoms with E-state index < -0.39 is 5.92 Å². The van der Waals surface area contributed by atoms with Crippen LogP contribution in [0.2, 0.25) is 0 Å². The molecule has 2 aliphatic carbocycles. The quantitative estimate of drug-likeness (QED) is 0.426. The van der Waals surface area contributed by atoms with Crippen LogP contribution in [-0.2, 0) is 9.53 Å². The fraction of sp³-hybridized carbons (Fsp3) is 0.750. The lowest BCUT2D eigenvalue weighted by Crippen LogP contribution is -2.51. The van der Waals surface area contributed by atoms with Crippen LogP contribution in [0.25, 0.3) is 0 Å². The molecule has 0 aromatic carbocycles. The van der Waals surface area contributed by atoms with Crippen LogP contribution >= 0.6 is 23.1 Å². The molecular weight excluding hydrogens is 432 g/mol. The van der Waals surface area contributed by atoms with Gasteiger partial charge in [0.2, 0.25) is 5.92 Å². The highest BCUT2D eigenvalue weighted by atomic mass is 32.2. The van der Waals surface area contributed by atoms with Gasteiger partial charge in [0.05, 0.1) is 22.8 Å². The molecule has 168 valence electrons. The average molecular weight is 462 g/mol. The third-order valence-corrected chi connectivity index (χ3v) is 7.70. The van der Waals surface area contributed by atoms with Gasteiger partial charge in [0.1, 0.15) is 0 Å². The van der Waals surface area contributed by atoms with Crippen molar-refractivity contribution in [3.8, 4) is 0 Å². The van der Waals surface area contributed by atoms with Crippen molar-refractivity contribution in [2.75, 3.05) is 17.7 Å². The Morgan fingerprint density at radius 1 is 1.23 bits per heavy atom. The normalized spacial score (nSPS) is 20.0. The van der Waals surface area contributed by atoms with Gasteiger partial charge >= 0.3 is 12.0 Å². The smallest absolute Gasteiger partial charge is 0.324 e. The summed E-state index contributed by atoms with van der Waals surface area (Å²) in [5, 5.41) is 3.32. The monoisotopic (exact) mass is 461 g/mol. The number of anilines is 1. The van der Waals surface area contributed by atoms with Gasteiger partial charge in [0, 0.05) is 24.9 Å². The zero-order valence-electron chi connectivity index (χ0n) is 17.2. The van der Waals surface area contributed by atoms with Gasteiger partial charge in [-0.3, -0.25) is 10.1 Å². The number of carbonyl (C=O) groups is 2. The van der Waals surface area contributed by atoms with E-state index in [0.717, 1.165) is 36.3 Å². The molecule has 6 nitrogen and oxygen atoms in total. The number of alkyl halides is 2. The Balaban J connectivity index is 1.62. The number of amides is 2. The first-order valence-corrected chi connectivity index (χ1v) is 12.4. The molecule has 0 radical (unpaired) electrons. The molecule has 2 amide bonds. The van der Waals surface area contributed by atoms with Crippen LogP contribution in [0.5, 0.6) is 0 Å². The Morgan fingerprint density at radius 3 is 2.57 bits per heavy atom.